The molecule has 2 aromatic rings. The number of carbonyl (C=O) groups excluding carboxylic acids is 2. The van der Waals surface area contributed by atoms with E-state index in [1.54, 1.807) is 0 Å². The molecule has 1 aromatic heterocycles. The highest BCUT2D eigenvalue weighted by atomic mass is 16.2. The fraction of sp³-hybridized carbons (Fsp3) is 0.545. The van der Waals surface area contributed by atoms with E-state index < -0.39 is 0 Å². The van der Waals surface area contributed by atoms with Crippen molar-refractivity contribution >= 4 is 22.8 Å². The molecule has 29 heavy (non-hydrogen) atoms. The van der Waals surface area contributed by atoms with Crippen molar-refractivity contribution in [3.05, 3.63) is 36.0 Å². The Labute approximate surface area is 172 Å². The molecule has 0 aliphatic carbocycles. The molecule has 3 amide bonds. The topological polar surface area (TPSA) is 74.8 Å². The number of amides is 3. The van der Waals surface area contributed by atoms with Crippen LogP contribution in [0.3, 0.4) is 0 Å². The molecule has 1 unspecified atom stereocenters. The van der Waals surface area contributed by atoms with Crippen molar-refractivity contribution in [2.24, 2.45) is 11.7 Å². The Balaban J connectivity index is 1.43. The summed E-state index contributed by atoms with van der Waals surface area (Å²) in [5.41, 5.74) is 7.22. The largest absolute Gasteiger partial charge is 0.366 e. The number of likely N-dealkylation sites (tertiary alicyclic amines) is 1. The molecule has 0 bridgehead atoms. The highest BCUT2D eigenvalue weighted by Crippen LogP contribution is 2.33. The number of rotatable bonds is 3. The molecule has 7 heteroatoms. The Morgan fingerprint density at radius 3 is 2.28 bits per heavy atom. The number of carbonyl (C=O) groups is 2. The second-order valence-electron chi connectivity index (χ2n) is 8.47. The van der Waals surface area contributed by atoms with Crippen molar-refractivity contribution in [2.75, 3.05) is 46.3 Å². The van der Waals surface area contributed by atoms with Gasteiger partial charge in [-0.05, 0) is 38.8 Å². The molecule has 0 spiro atoms. The van der Waals surface area contributed by atoms with Crippen molar-refractivity contribution in [1.29, 1.82) is 0 Å². The summed E-state index contributed by atoms with van der Waals surface area (Å²) < 4.78 is 2.19. The molecular formula is C22H31N5O2. The van der Waals surface area contributed by atoms with Gasteiger partial charge >= 0.3 is 6.03 Å². The average Bonchev–Trinajstić information content (AvgIpc) is 3.13. The van der Waals surface area contributed by atoms with Gasteiger partial charge in [-0.2, -0.15) is 0 Å². The van der Waals surface area contributed by atoms with Gasteiger partial charge in [-0.15, -0.1) is 0 Å². The van der Waals surface area contributed by atoms with Crippen LogP contribution in [-0.2, 0) is 0 Å². The first-order valence-electron chi connectivity index (χ1n) is 10.6. The lowest BCUT2D eigenvalue weighted by molar-refractivity contribution is 0.0996. The van der Waals surface area contributed by atoms with E-state index >= 15 is 0 Å². The molecule has 1 aromatic carbocycles. The van der Waals surface area contributed by atoms with Crippen LogP contribution in [0.15, 0.2) is 30.5 Å². The van der Waals surface area contributed by atoms with Crippen LogP contribution in [-0.4, -0.2) is 77.5 Å². The molecule has 1 atom stereocenters. The van der Waals surface area contributed by atoms with Crippen LogP contribution >= 0.6 is 0 Å². The molecule has 2 aliphatic rings. The number of nitrogens with two attached hydrogens (primary N) is 1. The lowest BCUT2D eigenvalue weighted by Gasteiger charge is -2.40. The predicted octanol–water partition coefficient (Wildman–Crippen LogP) is 2.38. The van der Waals surface area contributed by atoms with Gasteiger partial charge in [0.1, 0.15) is 0 Å². The zero-order chi connectivity index (χ0) is 20.5. The summed E-state index contributed by atoms with van der Waals surface area (Å²) in [6.07, 6.45) is 3.84. The minimum Gasteiger partial charge on any atom is -0.366 e. The molecule has 2 aliphatic heterocycles. The lowest BCUT2D eigenvalue weighted by atomic mass is 9.90. The van der Waals surface area contributed by atoms with Gasteiger partial charge in [0.2, 0.25) is 0 Å². The molecule has 4 rings (SSSR count). The van der Waals surface area contributed by atoms with Crippen LogP contribution in [0.2, 0.25) is 0 Å². The maximum Gasteiger partial charge on any atom is 0.320 e. The Kier molecular flexibility index (Phi) is 5.50. The van der Waals surface area contributed by atoms with Gasteiger partial charge in [-0.25, -0.2) is 4.79 Å². The molecule has 156 valence electrons. The Morgan fingerprint density at radius 1 is 1.00 bits per heavy atom. The smallest absolute Gasteiger partial charge is 0.320 e. The second kappa shape index (κ2) is 8.06. The monoisotopic (exact) mass is 397 g/mol. The van der Waals surface area contributed by atoms with Crippen molar-refractivity contribution in [1.82, 2.24) is 19.3 Å². The highest BCUT2D eigenvalue weighted by Gasteiger charge is 2.31. The summed E-state index contributed by atoms with van der Waals surface area (Å²) >= 11 is 0. The summed E-state index contributed by atoms with van der Waals surface area (Å²) in [6, 6.07) is 8.36. The summed E-state index contributed by atoms with van der Waals surface area (Å²) in [5.74, 6) is 0.0721. The molecule has 7 nitrogen and oxygen atoms in total. The number of benzene rings is 1. The molecule has 2 N–H and O–H groups in total. The third-order valence-corrected chi connectivity index (χ3v) is 6.71. The fourth-order valence-electron chi connectivity index (χ4n) is 4.74. The summed E-state index contributed by atoms with van der Waals surface area (Å²) in [7, 11) is 2.10. The maximum atomic E-state index is 12.8. The van der Waals surface area contributed by atoms with Crippen LogP contribution in [0.1, 0.15) is 36.2 Å². The SMILES string of the molecule is CC(C1CCN(C(=O)N2CCN(C)CC2)CC1)n1cc(C(N)=O)c2ccccc21. The number of fused-ring (bicyclic) bond motifs is 1. The lowest BCUT2D eigenvalue weighted by Crippen LogP contribution is -2.53. The minimum absolute atomic E-state index is 0.187. The molecule has 2 fully saturated rings. The van der Waals surface area contributed by atoms with Gasteiger partial charge in [-0.1, -0.05) is 18.2 Å². The van der Waals surface area contributed by atoms with E-state index in [-0.39, 0.29) is 18.0 Å². The van der Waals surface area contributed by atoms with Gasteiger partial charge in [-0.3, -0.25) is 4.79 Å². The van der Waals surface area contributed by atoms with Crippen molar-refractivity contribution in [3.63, 3.8) is 0 Å². The van der Waals surface area contributed by atoms with Crippen LogP contribution in [0.25, 0.3) is 10.9 Å². The Hall–Kier alpha value is -2.54. The first kappa shape index (κ1) is 19.8. The van der Waals surface area contributed by atoms with Gasteiger partial charge < -0.3 is 25.0 Å². The molecule has 2 saturated heterocycles. The number of para-hydroxylation sites is 1. The number of aromatic nitrogens is 1. The van der Waals surface area contributed by atoms with Crippen LogP contribution in [0.4, 0.5) is 4.79 Å². The van der Waals surface area contributed by atoms with Gasteiger partial charge in [0, 0.05) is 62.4 Å². The summed E-state index contributed by atoms with van der Waals surface area (Å²) in [6.45, 7) is 7.32. The standard InChI is InChI=1S/C22H31N5O2/c1-16(27-15-19(21(23)28)18-5-3-4-6-20(18)27)17-7-9-25(10-8-17)22(29)26-13-11-24(2)12-14-26/h3-6,15-17H,7-14H2,1-2H3,(H2,23,28). The van der Waals surface area contributed by atoms with Crippen molar-refractivity contribution in [3.8, 4) is 0 Å². The van der Waals surface area contributed by atoms with E-state index in [0.29, 0.717) is 11.5 Å². The Morgan fingerprint density at radius 2 is 1.62 bits per heavy atom. The van der Waals surface area contributed by atoms with E-state index in [1.807, 2.05) is 40.3 Å². The third-order valence-electron chi connectivity index (χ3n) is 6.71. The number of hydrogen-bond acceptors (Lipinski definition) is 3. The van der Waals surface area contributed by atoms with Crippen LogP contribution in [0.5, 0.6) is 0 Å². The van der Waals surface area contributed by atoms with E-state index in [0.717, 1.165) is 63.0 Å². The predicted molar refractivity (Wildman–Crippen MR) is 114 cm³/mol. The zero-order valence-electron chi connectivity index (χ0n) is 17.4. The molecular weight excluding hydrogens is 366 g/mol. The summed E-state index contributed by atoms with van der Waals surface area (Å²) in [4.78, 5) is 31.0. The van der Waals surface area contributed by atoms with E-state index in [4.69, 9.17) is 5.73 Å². The van der Waals surface area contributed by atoms with Crippen LogP contribution < -0.4 is 5.73 Å². The number of likely N-dealkylation sites (N-methyl/N-ethyl adjacent to an activating group) is 1. The van der Waals surface area contributed by atoms with Crippen molar-refractivity contribution < 1.29 is 9.59 Å². The third kappa shape index (κ3) is 3.83. The van der Waals surface area contributed by atoms with E-state index in [9.17, 15) is 9.59 Å². The zero-order valence-corrected chi connectivity index (χ0v) is 17.4. The first-order valence-corrected chi connectivity index (χ1v) is 10.6. The van der Waals surface area contributed by atoms with Gasteiger partial charge in [0.05, 0.1) is 5.56 Å². The first-order chi connectivity index (χ1) is 14.0. The van der Waals surface area contributed by atoms with E-state index in [2.05, 4.69) is 23.4 Å². The number of piperazine rings is 1. The number of primary amides is 1. The van der Waals surface area contributed by atoms with Gasteiger partial charge in [0.25, 0.3) is 5.91 Å². The number of hydrogen-bond donors (Lipinski definition) is 1. The van der Waals surface area contributed by atoms with E-state index in [1.165, 1.54) is 0 Å². The van der Waals surface area contributed by atoms with Crippen LogP contribution in [0, 0.1) is 5.92 Å². The maximum absolute atomic E-state index is 12.8. The number of piperidine rings is 1. The molecule has 0 radical (unpaired) electrons. The fourth-order valence-corrected chi connectivity index (χ4v) is 4.74. The number of urea groups is 1. The Bertz CT molecular complexity index is 892. The molecule has 3 heterocycles. The minimum atomic E-state index is -0.389. The van der Waals surface area contributed by atoms with Gasteiger partial charge in [0.15, 0.2) is 0 Å². The normalized spacial score (nSPS) is 20.2. The second-order valence-corrected chi connectivity index (χ2v) is 8.47. The average molecular weight is 398 g/mol. The quantitative estimate of drug-likeness (QED) is 0.864. The summed E-state index contributed by atoms with van der Waals surface area (Å²) in [5, 5.41) is 0.912. The molecule has 0 saturated carbocycles. The van der Waals surface area contributed by atoms with Crippen molar-refractivity contribution in [2.45, 2.75) is 25.8 Å². The highest BCUT2D eigenvalue weighted by molar-refractivity contribution is 6.06. The number of nitrogens with zero attached hydrogens (tertiary/aromatic N) is 4.